The highest BCUT2D eigenvalue weighted by atomic mass is 16.4. The number of nitrogens with one attached hydrogen (secondary N) is 1. The van der Waals surface area contributed by atoms with E-state index in [1.54, 1.807) is 0 Å². The number of nitrogens with two attached hydrogens (primary N) is 1. The van der Waals surface area contributed by atoms with Crippen LogP contribution in [0, 0.1) is 5.92 Å². The normalized spacial score (nSPS) is 23.9. The van der Waals surface area contributed by atoms with Gasteiger partial charge in [-0.25, -0.2) is 4.79 Å². The number of aliphatic hydroxyl groups is 1. The van der Waals surface area contributed by atoms with Crippen LogP contribution in [-0.4, -0.2) is 87.6 Å². The number of hydrogen-bond donors (Lipinski definition) is 4. The average molecular weight is 412 g/mol. The molecule has 0 saturated carbocycles. The molecule has 2 heterocycles. The van der Waals surface area contributed by atoms with Crippen LogP contribution in [0.5, 0.6) is 0 Å². The zero-order valence-corrected chi connectivity index (χ0v) is 17.0. The van der Waals surface area contributed by atoms with Crippen LogP contribution in [-0.2, 0) is 19.2 Å². The maximum atomic E-state index is 13.2. The molecule has 0 aromatic rings. The summed E-state index contributed by atoms with van der Waals surface area (Å²) >= 11 is 0. The predicted molar refractivity (Wildman–Crippen MR) is 104 cm³/mol. The van der Waals surface area contributed by atoms with Crippen molar-refractivity contribution >= 4 is 23.7 Å². The fourth-order valence-corrected chi connectivity index (χ4v) is 4.02. The fraction of sp³-hybridized carbons (Fsp3) is 0.789. The molecule has 3 amide bonds. The molecule has 2 aliphatic heterocycles. The Kier molecular flexibility index (Phi) is 7.97. The third kappa shape index (κ3) is 5.45. The molecule has 0 aliphatic carbocycles. The summed E-state index contributed by atoms with van der Waals surface area (Å²) < 4.78 is 0. The minimum absolute atomic E-state index is 0.0985. The molecule has 2 fully saturated rings. The van der Waals surface area contributed by atoms with Gasteiger partial charge in [-0.1, -0.05) is 13.8 Å². The van der Waals surface area contributed by atoms with Crippen molar-refractivity contribution in [3.05, 3.63) is 0 Å². The highest BCUT2D eigenvalue weighted by molar-refractivity contribution is 5.94. The summed E-state index contributed by atoms with van der Waals surface area (Å²) in [6.07, 6.45) is 2.49. The molecule has 0 spiro atoms. The molecule has 5 N–H and O–H groups in total. The monoisotopic (exact) mass is 412 g/mol. The SMILES string of the molecule is CC(C)CC(NC(=O)C(N)CO)C(=O)N1CCCC1C(=O)N1CCCC1C(=O)O. The van der Waals surface area contributed by atoms with E-state index in [0.717, 1.165) is 0 Å². The van der Waals surface area contributed by atoms with E-state index >= 15 is 0 Å². The molecule has 164 valence electrons. The molecule has 4 atom stereocenters. The highest BCUT2D eigenvalue weighted by Crippen LogP contribution is 2.26. The van der Waals surface area contributed by atoms with Crippen molar-refractivity contribution in [1.29, 1.82) is 0 Å². The van der Waals surface area contributed by atoms with Crippen molar-refractivity contribution in [2.45, 2.75) is 70.1 Å². The summed E-state index contributed by atoms with van der Waals surface area (Å²) in [5.41, 5.74) is 5.55. The molecule has 0 bridgehead atoms. The molecule has 2 saturated heterocycles. The Hall–Kier alpha value is -2.20. The van der Waals surface area contributed by atoms with E-state index in [-0.39, 0.29) is 17.7 Å². The molecule has 0 aromatic heterocycles. The highest BCUT2D eigenvalue weighted by Gasteiger charge is 2.43. The Morgan fingerprint density at radius 1 is 1.07 bits per heavy atom. The van der Waals surface area contributed by atoms with E-state index in [1.165, 1.54) is 9.80 Å². The Bertz CT molecular complexity index is 640. The molecule has 4 unspecified atom stereocenters. The molecule has 10 nitrogen and oxygen atoms in total. The quantitative estimate of drug-likeness (QED) is 0.395. The van der Waals surface area contributed by atoms with Crippen LogP contribution < -0.4 is 11.1 Å². The van der Waals surface area contributed by atoms with E-state index in [4.69, 9.17) is 10.8 Å². The fourth-order valence-electron chi connectivity index (χ4n) is 4.02. The van der Waals surface area contributed by atoms with Crippen LogP contribution in [0.2, 0.25) is 0 Å². The maximum Gasteiger partial charge on any atom is 0.326 e. The van der Waals surface area contributed by atoms with Gasteiger partial charge in [0.15, 0.2) is 0 Å². The zero-order valence-electron chi connectivity index (χ0n) is 17.0. The van der Waals surface area contributed by atoms with Gasteiger partial charge >= 0.3 is 5.97 Å². The molecule has 10 heteroatoms. The van der Waals surface area contributed by atoms with Crippen molar-refractivity contribution in [2.75, 3.05) is 19.7 Å². The predicted octanol–water partition coefficient (Wildman–Crippen LogP) is -1.10. The molecular formula is C19H32N4O6. The molecular weight excluding hydrogens is 380 g/mol. The number of carboxylic acid groups (broad SMARTS) is 1. The van der Waals surface area contributed by atoms with Crippen LogP contribution in [0.3, 0.4) is 0 Å². The Morgan fingerprint density at radius 2 is 1.66 bits per heavy atom. The first-order valence-electron chi connectivity index (χ1n) is 10.2. The van der Waals surface area contributed by atoms with E-state index in [0.29, 0.717) is 45.2 Å². The van der Waals surface area contributed by atoms with Crippen LogP contribution in [0.4, 0.5) is 0 Å². The molecule has 2 rings (SSSR count). The number of carboxylic acids is 1. The van der Waals surface area contributed by atoms with Crippen molar-refractivity contribution in [1.82, 2.24) is 15.1 Å². The number of likely N-dealkylation sites (tertiary alicyclic amines) is 2. The van der Waals surface area contributed by atoms with E-state index in [2.05, 4.69) is 5.32 Å². The Morgan fingerprint density at radius 3 is 2.21 bits per heavy atom. The molecule has 2 aliphatic rings. The third-order valence-corrected chi connectivity index (χ3v) is 5.50. The average Bonchev–Trinajstić information content (AvgIpc) is 3.34. The van der Waals surface area contributed by atoms with Crippen LogP contribution >= 0.6 is 0 Å². The zero-order chi connectivity index (χ0) is 21.7. The smallest absolute Gasteiger partial charge is 0.326 e. The summed E-state index contributed by atoms with van der Waals surface area (Å²) in [5.74, 6) is -2.28. The largest absolute Gasteiger partial charge is 0.480 e. The third-order valence-electron chi connectivity index (χ3n) is 5.50. The van der Waals surface area contributed by atoms with Gasteiger partial charge in [0.2, 0.25) is 17.7 Å². The second kappa shape index (κ2) is 10.0. The number of carbonyl (C=O) groups excluding carboxylic acids is 3. The van der Waals surface area contributed by atoms with Gasteiger partial charge in [0.25, 0.3) is 0 Å². The number of aliphatic hydroxyl groups excluding tert-OH is 1. The number of carbonyl (C=O) groups is 4. The van der Waals surface area contributed by atoms with Crippen molar-refractivity contribution in [2.24, 2.45) is 11.7 Å². The summed E-state index contributed by atoms with van der Waals surface area (Å²) in [4.78, 5) is 52.6. The first kappa shape index (κ1) is 23.1. The second-order valence-corrected chi connectivity index (χ2v) is 8.20. The van der Waals surface area contributed by atoms with E-state index < -0.39 is 42.7 Å². The first-order valence-corrected chi connectivity index (χ1v) is 10.2. The number of rotatable bonds is 8. The minimum atomic E-state index is -1.13. The summed E-state index contributed by atoms with van der Waals surface area (Å²) in [5, 5.41) is 21.0. The first-order chi connectivity index (χ1) is 13.7. The summed E-state index contributed by atoms with van der Waals surface area (Å²) in [6.45, 7) is 4.02. The molecule has 29 heavy (non-hydrogen) atoms. The van der Waals surface area contributed by atoms with Crippen molar-refractivity contribution in [3.8, 4) is 0 Å². The lowest BCUT2D eigenvalue weighted by Gasteiger charge is -2.33. The number of aliphatic carboxylic acids is 1. The Labute approximate surface area is 170 Å². The van der Waals surface area contributed by atoms with Gasteiger partial charge in [0, 0.05) is 13.1 Å². The van der Waals surface area contributed by atoms with Gasteiger partial charge in [-0.05, 0) is 38.0 Å². The lowest BCUT2D eigenvalue weighted by molar-refractivity contribution is -0.152. The molecule has 0 aromatic carbocycles. The van der Waals surface area contributed by atoms with E-state index in [9.17, 15) is 24.3 Å². The van der Waals surface area contributed by atoms with Crippen LogP contribution in [0.15, 0.2) is 0 Å². The summed E-state index contributed by atoms with van der Waals surface area (Å²) in [6, 6.07) is -3.56. The van der Waals surface area contributed by atoms with Crippen molar-refractivity contribution < 1.29 is 29.4 Å². The summed E-state index contributed by atoms with van der Waals surface area (Å²) in [7, 11) is 0. The van der Waals surface area contributed by atoms with Gasteiger partial charge in [-0.3, -0.25) is 14.4 Å². The van der Waals surface area contributed by atoms with Gasteiger partial charge < -0.3 is 31.1 Å². The number of hydrogen-bond acceptors (Lipinski definition) is 6. The molecule has 0 radical (unpaired) electrons. The Balaban J connectivity index is 2.15. The van der Waals surface area contributed by atoms with Gasteiger partial charge in [-0.2, -0.15) is 0 Å². The van der Waals surface area contributed by atoms with Gasteiger partial charge in [0.1, 0.15) is 24.2 Å². The number of nitrogens with zero attached hydrogens (tertiary/aromatic N) is 2. The van der Waals surface area contributed by atoms with Crippen molar-refractivity contribution in [3.63, 3.8) is 0 Å². The minimum Gasteiger partial charge on any atom is -0.480 e. The second-order valence-electron chi connectivity index (χ2n) is 8.20. The number of amides is 3. The standard InChI is InChI=1S/C19H32N4O6/c1-11(2)9-13(21-16(25)12(20)10-24)17(26)22-7-3-5-14(22)18(27)23-8-4-6-15(23)19(28)29/h11-15,24H,3-10,20H2,1-2H3,(H,21,25)(H,28,29). The van der Waals surface area contributed by atoms with Gasteiger partial charge in [0.05, 0.1) is 6.61 Å². The van der Waals surface area contributed by atoms with Crippen LogP contribution in [0.25, 0.3) is 0 Å². The lowest BCUT2D eigenvalue weighted by atomic mass is 10.0. The lowest BCUT2D eigenvalue weighted by Crippen LogP contribution is -2.57. The topological polar surface area (TPSA) is 153 Å². The van der Waals surface area contributed by atoms with Gasteiger partial charge in [-0.15, -0.1) is 0 Å². The maximum absolute atomic E-state index is 13.2. The van der Waals surface area contributed by atoms with E-state index in [1.807, 2.05) is 13.8 Å². The van der Waals surface area contributed by atoms with Crippen LogP contribution in [0.1, 0.15) is 46.0 Å².